The largest absolute Gasteiger partial charge is 0.501 e. The van der Waals surface area contributed by atoms with Crippen LogP contribution in [0.25, 0.3) is 5.57 Å². The number of likely N-dealkylation sites (tertiary alicyclic amines) is 1. The molecule has 0 aromatic heterocycles. The molecule has 2 N–H and O–H groups in total. The predicted octanol–water partition coefficient (Wildman–Crippen LogP) is 8.20. The predicted molar refractivity (Wildman–Crippen MR) is 245 cm³/mol. The van der Waals surface area contributed by atoms with Gasteiger partial charge in [-0.15, -0.1) is 11.8 Å². The number of carbonyl (C=O) groups excluding carboxylic acids is 1. The summed E-state index contributed by atoms with van der Waals surface area (Å²) < 4.78 is 103. The standard InChI is InChI=1S/C46H51ClF3N5O6S3/c47-35-14-10-33(11-15-35)40-8-4-5-9-42(40)55-31-45(32-55)21-23-54(30-45)37-16-12-34(13-17-37)44(56)52-64(59,60)39-18-19-41(43(28-39)63(57,58)46(48,49)50)51-36(20-22-53-24-26-61-27-25-53)29-62-38-6-2-1-3-7-38/h1-3,6-8,10-19,28,36,42,51H,4-5,9,20-27,29-32H2,(H,52,56)/t36-,42?/m1/s1. The average Bonchev–Trinajstić information content (AvgIpc) is 3.74. The number of nitrogens with one attached hydrogen (secondary N) is 2. The van der Waals surface area contributed by atoms with E-state index in [9.17, 15) is 34.8 Å². The molecule has 4 aromatic carbocycles. The number of thioether (sulfide) groups is 1. The molecule has 4 aliphatic rings. The second-order valence-corrected chi connectivity index (χ2v) is 22.1. The van der Waals surface area contributed by atoms with Crippen LogP contribution in [-0.2, 0) is 24.6 Å². The van der Waals surface area contributed by atoms with E-state index < -0.39 is 52.8 Å². The molecule has 1 amide bonds. The van der Waals surface area contributed by atoms with Crippen molar-refractivity contribution in [3.05, 3.63) is 119 Å². The molecule has 3 heterocycles. The molecule has 0 bridgehead atoms. The van der Waals surface area contributed by atoms with Crippen molar-refractivity contribution in [2.75, 3.05) is 75.0 Å². The third-order valence-corrected chi connectivity index (χ3v) is 16.9. The highest BCUT2D eigenvalue weighted by atomic mass is 35.5. The van der Waals surface area contributed by atoms with Crippen LogP contribution in [0.1, 0.15) is 48.0 Å². The molecule has 11 nitrogen and oxygen atoms in total. The van der Waals surface area contributed by atoms with E-state index >= 15 is 0 Å². The highest BCUT2D eigenvalue weighted by Crippen LogP contribution is 2.45. The lowest BCUT2D eigenvalue weighted by Crippen LogP contribution is -2.61. The molecule has 4 aromatic rings. The summed E-state index contributed by atoms with van der Waals surface area (Å²) in [5.74, 6) is -0.642. The van der Waals surface area contributed by atoms with E-state index in [0.717, 1.165) is 74.6 Å². The third-order valence-electron chi connectivity index (χ3n) is 12.6. The minimum atomic E-state index is -6.05. The summed E-state index contributed by atoms with van der Waals surface area (Å²) in [5, 5.41) is 3.71. The van der Waals surface area contributed by atoms with Gasteiger partial charge in [-0.1, -0.05) is 48.0 Å². The zero-order valence-electron chi connectivity index (χ0n) is 35.1. The number of sulfone groups is 1. The number of hydrogen-bond donors (Lipinski definition) is 2. The van der Waals surface area contributed by atoms with Gasteiger partial charge in [0.2, 0.25) is 0 Å². The molecule has 8 rings (SSSR count). The summed E-state index contributed by atoms with van der Waals surface area (Å²) in [7, 11) is -10.9. The Morgan fingerprint density at radius 3 is 2.33 bits per heavy atom. The first-order valence-electron chi connectivity index (χ1n) is 21.4. The van der Waals surface area contributed by atoms with Crippen LogP contribution in [0.15, 0.2) is 118 Å². The van der Waals surface area contributed by atoms with E-state index in [4.69, 9.17) is 16.3 Å². The van der Waals surface area contributed by atoms with Crippen molar-refractivity contribution in [1.82, 2.24) is 14.5 Å². The summed E-state index contributed by atoms with van der Waals surface area (Å²) >= 11 is 7.62. The molecule has 3 fully saturated rings. The first-order valence-corrected chi connectivity index (χ1v) is 25.7. The summed E-state index contributed by atoms with van der Waals surface area (Å²) in [5.41, 5.74) is -2.54. The monoisotopic (exact) mass is 957 g/mol. The molecule has 0 radical (unpaired) electrons. The number of benzene rings is 4. The van der Waals surface area contributed by atoms with Crippen LogP contribution in [0.3, 0.4) is 0 Å². The number of alkyl halides is 3. The van der Waals surface area contributed by atoms with Crippen molar-refractivity contribution in [2.24, 2.45) is 5.41 Å². The van der Waals surface area contributed by atoms with Crippen LogP contribution in [0.5, 0.6) is 0 Å². The number of ether oxygens (including phenoxy) is 1. The lowest BCUT2D eigenvalue weighted by atomic mass is 9.75. The second kappa shape index (κ2) is 19.4. The van der Waals surface area contributed by atoms with Gasteiger partial charge in [-0.25, -0.2) is 21.6 Å². The van der Waals surface area contributed by atoms with Crippen molar-refractivity contribution in [1.29, 1.82) is 0 Å². The molecule has 18 heteroatoms. The maximum atomic E-state index is 14.2. The van der Waals surface area contributed by atoms with Gasteiger partial charge >= 0.3 is 5.51 Å². The van der Waals surface area contributed by atoms with Crippen LogP contribution < -0.4 is 14.9 Å². The quantitative estimate of drug-likeness (QED) is 0.112. The summed E-state index contributed by atoms with van der Waals surface area (Å²) in [4.78, 5) is 19.2. The van der Waals surface area contributed by atoms with Crippen molar-refractivity contribution in [2.45, 2.75) is 64.4 Å². The van der Waals surface area contributed by atoms with E-state index in [1.807, 2.05) is 47.2 Å². The molecule has 0 saturated carbocycles. The van der Waals surface area contributed by atoms with Gasteiger partial charge in [-0.3, -0.25) is 14.6 Å². The number of amides is 1. The van der Waals surface area contributed by atoms with E-state index in [1.165, 1.54) is 35.0 Å². The van der Waals surface area contributed by atoms with E-state index in [0.29, 0.717) is 62.2 Å². The summed E-state index contributed by atoms with van der Waals surface area (Å²) in [6.45, 7) is 6.64. The fourth-order valence-corrected chi connectivity index (χ4v) is 12.3. The number of nitrogens with zero attached hydrogens (tertiary/aromatic N) is 3. The Hall–Kier alpha value is -4.10. The van der Waals surface area contributed by atoms with Crippen molar-refractivity contribution in [3.8, 4) is 0 Å². The van der Waals surface area contributed by atoms with Gasteiger partial charge in [0.05, 0.1) is 23.8 Å². The fraction of sp³-hybridized carbons (Fsp3) is 0.413. The highest BCUT2D eigenvalue weighted by Gasteiger charge is 2.50. The van der Waals surface area contributed by atoms with Crippen molar-refractivity contribution in [3.63, 3.8) is 0 Å². The van der Waals surface area contributed by atoms with Gasteiger partial charge in [0.1, 0.15) is 4.90 Å². The minimum absolute atomic E-state index is 0.00955. The van der Waals surface area contributed by atoms with Gasteiger partial charge in [-0.05, 0) is 110 Å². The highest BCUT2D eigenvalue weighted by molar-refractivity contribution is 7.99. The van der Waals surface area contributed by atoms with Gasteiger partial charge in [0.15, 0.2) is 0 Å². The van der Waals surface area contributed by atoms with Crippen LogP contribution in [-0.4, -0.2) is 115 Å². The van der Waals surface area contributed by atoms with E-state index in [1.54, 1.807) is 12.1 Å². The molecule has 1 aliphatic carbocycles. The van der Waals surface area contributed by atoms with Gasteiger partial charge in [0.25, 0.3) is 25.8 Å². The number of hydrogen-bond acceptors (Lipinski definition) is 11. The third kappa shape index (κ3) is 10.6. The van der Waals surface area contributed by atoms with Crippen molar-refractivity contribution < 1.29 is 39.5 Å². The molecular weight excluding hydrogens is 907 g/mol. The van der Waals surface area contributed by atoms with Crippen LogP contribution in [0, 0.1) is 5.41 Å². The fourth-order valence-electron chi connectivity index (χ4n) is 9.13. The number of halogens is 4. The van der Waals surface area contributed by atoms with Gasteiger partial charge in [0, 0.05) is 90.2 Å². The topological polar surface area (TPSA) is 128 Å². The van der Waals surface area contributed by atoms with E-state index in [-0.39, 0.29) is 11.0 Å². The lowest BCUT2D eigenvalue weighted by molar-refractivity contribution is -0.0435. The van der Waals surface area contributed by atoms with Crippen LogP contribution >= 0.6 is 23.4 Å². The summed E-state index contributed by atoms with van der Waals surface area (Å²) in [6.07, 6.45) is 7.13. The number of carbonyl (C=O) groups is 1. The summed E-state index contributed by atoms with van der Waals surface area (Å²) in [6, 6.07) is 26.2. The normalized spacial score (nSPS) is 20.1. The molecule has 3 saturated heterocycles. The zero-order chi connectivity index (χ0) is 45.1. The Bertz CT molecular complexity index is 2540. The second-order valence-electron chi connectivity index (χ2n) is 17.0. The SMILES string of the molecule is O=C(NS(=O)(=O)c1ccc(N[C@H](CCN2CCOCC2)CSc2ccccc2)c(S(=O)(=O)C(F)(F)F)c1)c1ccc(N2CCC3(C2)CN(C2CCCC=C2c2ccc(Cl)cc2)C3)cc1. The molecule has 2 atom stereocenters. The van der Waals surface area contributed by atoms with Crippen LogP contribution in [0.2, 0.25) is 5.02 Å². The number of sulfonamides is 1. The Morgan fingerprint density at radius 2 is 1.62 bits per heavy atom. The molecule has 342 valence electrons. The number of rotatable bonds is 15. The first-order chi connectivity index (χ1) is 30.6. The number of morpholine rings is 1. The maximum Gasteiger partial charge on any atom is 0.501 e. The minimum Gasteiger partial charge on any atom is -0.380 e. The zero-order valence-corrected chi connectivity index (χ0v) is 38.3. The number of anilines is 2. The molecule has 1 unspecified atom stereocenters. The Labute approximate surface area is 382 Å². The van der Waals surface area contributed by atoms with Crippen LogP contribution in [0.4, 0.5) is 24.5 Å². The molecule has 64 heavy (non-hydrogen) atoms. The van der Waals surface area contributed by atoms with Crippen molar-refractivity contribution >= 4 is 66.1 Å². The first kappa shape index (κ1) is 46.4. The smallest absolute Gasteiger partial charge is 0.380 e. The van der Waals surface area contributed by atoms with Gasteiger partial charge < -0.3 is 15.0 Å². The Kier molecular flexibility index (Phi) is 14.1. The number of allylic oxidation sites excluding steroid dienone is 1. The van der Waals surface area contributed by atoms with E-state index in [2.05, 4.69) is 38.2 Å². The molecule has 1 spiro atoms. The average molecular weight is 959 g/mol. The maximum absolute atomic E-state index is 14.2. The van der Waals surface area contributed by atoms with Gasteiger partial charge in [-0.2, -0.15) is 13.2 Å². The molecular formula is C46H51ClF3N5O6S3. The Balaban J connectivity index is 0.929. The molecule has 3 aliphatic heterocycles. The lowest BCUT2D eigenvalue weighted by Gasteiger charge is -2.53. The Morgan fingerprint density at radius 1 is 0.906 bits per heavy atom.